The third kappa shape index (κ3) is 2.68. The zero-order chi connectivity index (χ0) is 12.8. The highest BCUT2D eigenvalue weighted by atomic mass is 16.5. The zero-order valence-electron chi connectivity index (χ0n) is 10.2. The Bertz CT molecular complexity index is 392. The van der Waals surface area contributed by atoms with E-state index in [-0.39, 0.29) is 12.5 Å². The molecular weight excluding hydrogens is 222 g/mol. The van der Waals surface area contributed by atoms with E-state index in [1.165, 1.54) is 21.3 Å². The van der Waals surface area contributed by atoms with Crippen molar-refractivity contribution in [3.05, 3.63) is 23.8 Å². The third-order valence-corrected chi connectivity index (χ3v) is 2.53. The van der Waals surface area contributed by atoms with Gasteiger partial charge in [0, 0.05) is 12.1 Å². The fourth-order valence-electron chi connectivity index (χ4n) is 1.68. The summed E-state index contributed by atoms with van der Waals surface area (Å²) >= 11 is 0. The molecule has 94 valence electrons. The summed E-state index contributed by atoms with van der Waals surface area (Å²) in [5.74, 6) is 0.132. The SMILES string of the molecule is COC(=O)C(CN)c1cccc(OC)c1OC. The summed E-state index contributed by atoms with van der Waals surface area (Å²) in [5.41, 5.74) is 6.27. The van der Waals surface area contributed by atoms with Gasteiger partial charge in [0.1, 0.15) is 0 Å². The summed E-state index contributed by atoms with van der Waals surface area (Å²) in [6.45, 7) is 0.149. The lowest BCUT2D eigenvalue weighted by Crippen LogP contribution is -2.23. The maximum absolute atomic E-state index is 11.6. The molecule has 0 aliphatic carbocycles. The van der Waals surface area contributed by atoms with Gasteiger partial charge in [0.05, 0.1) is 27.2 Å². The van der Waals surface area contributed by atoms with Gasteiger partial charge in [0.25, 0.3) is 0 Å². The Morgan fingerprint density at radius 2 is 2.00 bits per heavy atom. The molecule has 0 aliphatic heterocycles. The van der Waals surface area contributed by atoms with E-state index in [9.17, 15) is 4.79 Å². The second-order valence-corrected chi connectivity index (χ2v) is 3.39. The van der Waals surface area contributed by atoms with E-state index in [1.54, 1.807) is 18.2 Å². The lowest BCUT2D eigenvalue weighted by atomic mass is 9.98. The average Bonchev–Trinajstić information content (AvgIpc) is 2.38. The molecule has 2 N–H and O–H groups in total. The first-order valence-electron chi connectivity index (χ1n) is 5.18. The quantitative estimate of drug-likeness (QED) is 0.774. The van der Waals surface area contributed by atoms with Gasteiger partial charge in [-0.15, -0.1) is 0 Å². The van der Waals surface area contributed by atoms with Crippen LogP contribution in [0.15, 0.2) is 18.2 Å². The van der Waals surface area contributed by atoms with E-state index in [0.29, 0.717) is 17.1 Å². The molecule has 0 aromatic heterocycles. The molecule has 0 saturated carbocycles. The largest absolute Gasteiger partial charge is 0.493 e. The van der Waals surface area contributed by atoms with Crippen molar-refractivity contribution in [1.82, 2.24) is 0 Å². The molecule has 0 spiro atoms. The zero-order valence-corrected chi connectivity index (χ0v) is 10.2. The minimum absolute atomic E-state index is 0.149. The van der Waals surface area contributed by atoms with E-state index in [1.807, 2.05) is 0 Å². The van der Waals surface area contributed by atoms with Crippen LogP contribution in [0.2, 0.25) is 0 Å². The number of nitrogens with two attached hydrogens (primary N) is 1. The number of ether oxygens (including phenoxy) is 3. The van der Waals surface area contributed by atoms with Crippen LogP contribution in [-0.2, 0) is 9.53 Å². The normalized spacial score (nSPS) is 11.8. The van der Waals surface area contributed by atoms with Crippen LogP contribution in [0, 0.1) is 0 Å². The van der Waals surface area contributed by atoms with Crippen molar-refractivity contribution in [2.45, 2.75) is 5.92 Å². The highest BCUT2D eigenvalue weighted by Crippen LogP contribution is 2.35. The number of carbonyl (C=O) groups excluding carboxylic acids is 1. The lowest BCUT2D eigenvalue weighted by molar-refractivity contribution is -0.142. The molecule has 0 bridgehead atoms. The number of carbonyl (C=O) groups is 1. The molecule has 0 heterocycles. The molecular formula is C12H17NO4. The van der Waals surface area contributed by atoms with Gasteiger partial charge in [-0.25, -0.2) is 0 Å². The predicted octanol–water partition coefficient (Wildman–Crippen LogP) is 0.919. The van der Waals surface area contributed by atoms with E-state index in [4.69, 9.17) is 19.9 Å². The predicted molar refractivity (Wildman–Crippen MR) is 63.4 cm³/mol. The lowest BCUT2D eigenvalue weighted by Gasteiger charge is -2.17. The summed E-state index contributed by atoms with van der Waals surface area (Å²) in [5, 5.41) is 0. The first kappa shape index (κ1) is 13.3. The van der Waals surface area contributed by atoms with Crippen LogP contribution in [0.1, 0.15) is 11.5 Å². The number of hydrogen-bond acceptors (Lipinski definition) is 5. The third-order valence-electron chi connectivity index (χ3n) is 2.53. The summed E-state index contributed by atoms with van der Waals surface area (Å²) in [7, 11) is 4.39. The van der Waals surface area contributed by atoms with Gasteiger partial charge >= 0.3 is 5.97 Å². The molecule has 5 nitrogen and oxygen atoms in total. The molecule has 0 radical (unpaired) electrons. The second kappa shape index (κ2) is 6.10. The maximum Gasteiger partial charge on any atom is 0.314 e. The number of rotatable bonds is 5. The first-order chi connectivity index (χ1) is 8.19. The van der Waals surface area contributed by atoms with Gasteiger partial charge in [-0.05, 0) is 6.07 Å². The van der Waals surface area contributed by atoms with E-state index < -0.39 is 5.92 Å². The van der Waals surface area contributed by atoms with Crippen LogP contribution in [0.25, 0.3) is 0 Å². The van der Waals surface area contributed by atoms with Crippen LogP contribution in [-0.4, -0.2) is 33.8 Å². The minimum Gasteiger partial charge on any atom is -0.493 e. The van der Waals surface area contributed by atoms with Crippen molar-refractivity contribution in [2.24, 2.45) is 5.73 Å². The Hall–Kier alpha value is -1.75. The Morgan fingerprint density at radius 1 is 1.29 bits per heavy atom. The van der Waals surface area contributed by atoms with Crippen molar-refractivity contribution in [1.29, 1.82) is 0 Å². The molecule has 1 unspecified atom stereocenters. The van der Waals surface area contributed by atoms with Crippen molar-refractivity contribution < 1.29 is 19.0 Å². The van der Waals surface area contributed by atoms with Gasteiger partial charge in [-0.3, -0.25) is 4.79 Å². The highest BCUT2D eigenvalue weighted by Gasteiger charge is 2.25. The summed E-state index contributed by atoms with van der Waals surface area (Å²) < 4.78 is 15.1. The standard InChI is InChI=1S/C12H17NO4/c1-15-10-6-4-5-8(11(10)16-2)9(7-13)12(14)17-3/h4-6,9H,7,13H2,1-3H3. The molecule has 1 aromatic rings. The molecule has 0 aliphatic rings. The number of para-hydroxylation sites is 1. The Morgan fingerprint density at radius 3 is 2.47 bits per heavy atom. The van der Waals surface area contributed by atoms with Crippen LogP contribution in [0.3, 0.4) is 0 Å². The van der Waals surface area contributed by atoms with Crippen molar-refractivity contribution >= 4 is 5.97 Å². The molecule has 17 heavy (non-hydrogen) atoms. The molecule has 0 saturated heterocycles. The number of esters is 1. The number of methoxy groups -OCH3 is 3. The van der Waals surface area contributed by atoms with Gasteiger partial charge in [-0.1, -0.05) is 12.1 Å². The highest BCUT2D eigenvalue weighted by molar-refractivity contribution is 5.80. The Balaban J connectivity index is 3.23. The molecule has 1 aromatic carbocycles. The van der Waals surface area contributed by atoms with Crippen molar-refractivity contribution in [3.8, 4) is 11.5 Å². The average molecular weight is 239 g/mol. The fraction of sp³-hybridized carbons (Fsp3) is 0.417. The van der Waals surface area contributed by atoms with E-state index in [0.717, 1.165) is 0 Å². The van der Waals surface area contributed by atoms with Crippen LogP contribution >= 0.6 is 0 Å². The van der Waals surface area contributed by atoms with Gasteiger partial charge in [0.15, 0.2) is 11.5 Å². The monoisotopic (exact) mass is 239 g/mol. The topological polar surface area (TPSA) is 70.8 Å². The van der Waals surface area contributed by atoms with Gasteiger partial charge in [-0.2, -0.15) is 0 Å². The molecule has 5 heteroatoms. The van der Waals surface area contributed by atoms with Crippen molar-refractivity contribution in [2.75, 3.05) is 27.9 Å². The van der Waals surface area contributed by atoms with Crippen molar-refractivity contribution in [3.63, 3.8) is 0 Å². The Labute approximate surface area is 100 Å². The van der Waals surface area contributed by atoms with Crippen LogP contribution in [0.5, 0.6) is 11.5 Å². The number of benzene rings is 1. The fourth-order valence-corrected chi connectivity index (χ4v) is 1.68. The van der Waals surface area contributed by atoms with E-state index in [2.05, 4.69) is 0 Å². The van der Waals surface area contributed by atoms with E-state index >= 15 is 0 Å². The maximum atomic E-state index is 11.6. The first-order valence-corrected chi connectivity index (χ1v) is 5.18. The van der Waals surface area contributed by atoms with Gasteiger partial charge in [0.2, 0.25) is 0 Å². The van der Waals surface area contributed by atoms with Crippen LogP contribution in [0.4, 0.5) is 0 Å². The molecule has 0 fully saturated rings. The van der Waals surface area contributed by atoms with Gasteiger partial charge < -0.3 is 19.9 Å². The van der Waals surface area contributed by atoms with Crippen LogP contribution < -0.4 is 15.2 Å². The summed E-state index contributed by atoms with van der Waals surface area (Å²) in [6.07, 6.45) is 0. The molecule has 0 amide bonds. The smallest absolute Gasteiger partial charge is 0.314 e. The summed E-state index contributed by atoms with van der Waals surface area (Å²) in [6, 6.07) is 5.31. The minimum atomic E-state index is -0.551. The number of hydrogen-bond donors (Lipinski definition) is 1. The Kier molecular flexibility index (Phi) is 4.78. The second-order valence-electron chi connectivity index (χ2n) is 3.39. The summed E-state index contributed by atoms with van der Waals surface area (Å²) in [4.78, 5) is 11.6. The molecule has 1 rings (SSSR count). The molecule has 1 atom stereocenters.